The van der Waals surface area contributed by atoms with Crippen molar-refractivity contribution < 1.29 is 57.0 Å². The van der Waals surface area contributed by atoms with E-state index in [1.165, 1.54) is 122 Å². The first-order chi connectivity index (χ1) is 29.4. The Morgan fingerprint density at radius 3 is 1.52 bits per heavy atom. The minimum atomic E-state index is -5.12. The molecule has 8 atom stereocenters. The summed E-state index contributed by atoms with van der Waals surface area (Å²) in [4.78, 5) is 13.1. The summed E-state index contributed by atoms with van der Waals surface area (Å²) in [5.41, 5.74) is 0. The minimum Gasteiger partial charge on any atom is -0.394 e. The van der Waals surface area contributed by atoms with Crippen molar-refractivity contribution in [3.63, 3.8) is 0 Å². The van der Waals surface area contributed by atoms with Crippen LogP contribution in [0, 0.1) is 0 Å². The summed E-state index contributed by atoms with van der Waals surface area (Å²) in [7, 11) is -5.12. The molecule has 360 valence electrons. The molecule has 13 nitrogen and oxygen atoms in total. The van der Waals surface area contributed by atoms with Gasteiger partial charge in [0.25, 0.3) is 0 Å². The Morgan fingerprint density at radius 2 is 1.08 bits per heavy atom. The number of ether oxygens (including phenoxy) is 2. The lowest BCUT2D eigenvalue weighted by Crippen LogP contribution is -2.61. The van der Waals surface area contributed by atoms with Crippen LogP contribution in [0.4, 0.5) is 0 Å². The van der Waals surface area contributed by atoms with Crippen molar-refractivity contribution in [2.75, 3.05) is 13.2 Å². The zero-order chi connectivity index (χ0) is 45.0. The van der Waals surface area contributed by atoms with Crippen molar-refractivity contribution in [2.24, 2.45) is 0 Å². The van der Waals surface area contributed by atoms with Crippen molar-refractivity contribution in [3.8, 4) is 0 Å². The van der Waals surface area contributed by atoms with Crippen LogP contribution in [-0.2, 0) is 28.9 Å². The fraction of sp³-hybridized carbons (Fsp3) is 0.894. The molecule has 0 aromatic rings. The number of hydrogen-bond acceptors (Lipinski definition) is 11. The number of unbranched alkanes of at least 4 members (excludes halogenated alkanes) is 26. The first kappa shape index (κ1) is 57.6. The maximum absolute atomic E-state index is 13.1. The molecular formula is C47H89NO12S. The number of aliphatic hydroxyl groups excluding tert-OH is 5. The van der Waals surface area contributed by atoms with Gasteiger partial charge in [0.15, 0.2) is 6.29 Å². The summed E-state index contributed by atoms with van der Waals surface area (Å²) < 4.78 is 47.4. The zero-order valence-electron chi connectivity index (χ0n) is 38.1. The first-order valence-electron chi connectivity index (χ1n) is 24.3. The van der Waals surface area contributed by atoms with Gasteiger partial charge in [-0.1, -0.05) is 186 Å². The highest BCUT2D eigenvalue weighted by Gasteiger charge is 2.48. The van der Waals surface area contributed by atoms with Gasteiger partial charge in [-0.25, -0.2) is 4.18 Å². The van der Waals surface area contributed by atoms with E-state index in [1.807, 2.05) is 6.08 Å². The number of allylic oxidation sites excluding steroid dienone is 3. The summed E-state index contributed by atoms with van der Waals surface area (Å²) in [5, 5.41) is 55.1. The van der Waals surface area contributed by atoms with E-state index in [1.54, 1.807) is 0 Å². The molecule has 8 unspecified atom stereocenters. The molecule has 0 spiro atoms. The molecule has 0 aliphatic carbocycles. The Labute approximate surface area is 370 Å². The number of aliphatic hydroxyl groups is 5. The normalized spacial score (nSPS) is 21.3. The molecule has 1 aliphatic heterocycles. The van der Waals surface area contributed by atoms with Crippen molar-refractivity contribution in [1.29, 1.82) is 0 Å². The number of amides is 1. The number of hydrogen-bond donors (Lipinski definition) is 7. The number of nitrogens with one attached hydrogen (secondary N) is 1. The van der Waals surface area contributed by atoms with Gasteiger partial charge in [-0.3, -0.25) is 9.35 Å². The molecule has 0 bridgehead atoms. The van der Waals surface area contributed by atoms with Gasteiger partial charge in [0.1, 0.15) is 30.5 Å². The zero-order valence-corrected chi connectivity index (χ0v) is 38.9. The van der Waals surface area contributed by atoms with Crippen molar-refractivity contribution >= 4 is 16.3 Å². The number of carbonyl (C=O) groups is 1. The molecule has 1 fully saturated rings. The standard InChI is InChI=1S/C47H89NO12S/c1-3-5-7-9-11-13-15-16-17-18-19-20-21-22-23-24-25-26-28-30-32-34-36-41(51)46(54)48-39(40(50)35-33-31-29-27-14-12-10-8-6-4-2)38-58-47-44(53)45(60-61(55,56)57)43(52)42(37-49)59-47/h22-23,33,35,39-45,47,49-53H,3-21,24-32,34,36-38H2,1-2H3,(H,48,54)(H,55,56,57)/b23-22-,35-33+. The predicted octanol–water partition coefficient (Wildman–Crippen LogP) is 8.69. The Balaban J connectivity index is 2.46. The van der Waals surface area contributed by atoms with E-state index in [4.69, 9.17) is 14.0 Å². The monoisotopic (exact) mass is 892 g/mol. The summed E-state index contributed by atoms with van der Waals surface area (Å²) in [5.74, 6) is -0.708. The van der Waals surface area contributed by atoms with E-state index in [9.17, 15) is 38.7 Å². The van der Waals surface area contributed by atoms with Crippen LogP contribution in [0.15, 0.2) is 24.3 Å². The van der Waals surface area contributed by atoms with Gasteiger partial charge in [0, 0.05) is 0 Å². The van der Waals surface area contributed by atoms with Crippen molar-refractivity contribution in [2.45, 2.75) is 255 Å². The molecule has 1 heterocycles. The van der Waals surface area contributed by atoms with E-state index in [0.717, 1.165) is 57.8 Å². The maximum atomic E-state index is 13.1. The van der Waals surface area contributed by atoms with Crippen LogP contribution in [0.1, 0.15) is 206 Å². The molecule has 0 saturated carbocycles. The van der Waals surface area contributed by atoms with Crippen molar-refractivity contribution in [3.05, 3.63) is 24.3 Å². The molecule has 0 radical (unpaired) electrons. The molecule has 7 N–H and O–H groups in total. The van der Waals surface area contributed by atoms with E-state index < -0.39 is 78.5 Å². The highest BCUT2D eigenvalue weighted by atomic mass is 32.3. The van der Waals surface area contributed by atoms with Crippen LogP contribution in [0.5, 0.6) is 0 Å². The second-order valence-corrected chi connectivity index (χ2v) is 18.2. The Kier molecular flexibility index (Phi) is 35.7. The second kappa shape index (κ2) is 37.9. The second-order valence-electron chi connectivity index (χ2n) is 17.2. The minimum absolute atomic E-state index is 0.237. The van der Waals surface area contributed by atoms with Crippen molar-refractivity contribution in [1.82, 2.24) is 5.32 Å². The van der Waals surface area contributed by atoms with Crippen LogP contribution < -0.4 is 5.32 Å². The van der Waals surface area contributed by atoms with Gasteiger partial charge in [0.2, 0.25) is 5.91 Å². The molecule has 61 heavy (non-hydrogen) atoms. The van der Waals surface area contributed by atoms with E-state index in [0.29, 0.717) is 12.8 Å². The smallest absolute Gasteiger partial charge is 0.394 e. The maximum Gasteiger partial charge on any atom is 0.397 e. The fourth-order valence-corrected chi connectivity index (χ4v) is 8.20. The molecule has 0 aromatic heterocycles. The Hall–Kier alpha value is -1.46. The van der Waals surface area contributed by atoms with Gasteiger partial charge in [0.05, 0.1) is 25.4 Å². The van der Waals surface area contributed by atoms with Crippen LogP contribution >= 0.6 is 0 Å². The highest BCUT2D eigenvalue weighted by molar-refractivity contribution is 7.80. The topological polar surface area (TPSA) is 212 Å². The SMILES string of the molecule is CCCCCCCCCC/C=C/C(O)C(COC1OC(CO)C(O)C(OS(=O)(=O)O)C1O)NC(=O)C(O)CCCCCCCC/C=C\CCCCCCCCCCCCCC. The molecule has 1 amide bonds. The molecule has 1 rings (SSSR count). The van der Waals surface area contributed by atoms with Crippen LogP contribution in [-0.4, -0.2) is 107 Å². The van der Waals surface area contributed by atoms with E-state index in [-0.39, 0.29) is 6.42 Å². The Morgan fingerprint density at radius 1 is 0.656 bits per heavy atom. The summed E-state index contributed by atoms with van der Waals surface area (Å²) in [6.07, 6.45) is 31.4. The molecule has 1 aliphatic rings. The third-order valence-electron chi connectivity index (χ3n) is 11.6. The Bertz CT molecular complexity index is 1200. The number of carbonyl (C=O) groups excluding carboxylic acids is 1. The molecule has 0 aromatic carbocycles. The summed E-state index contributed by atoms with van der Waals surface area (Å²) in [6, 6.07) is -1.12. The van der Waals surface area contributed by atoms with Crippen LogP contribution in [0.25, 0.3) is 0 Å². The largest absolute Gasteiger partial charge is 0.397 e. The average Bonchev–Trinajstić information content (AvgIpc) is 3.23. The van der Waals surface area contributed by atoms with Gasteiger partial charge in [-0.05, 0) is 44.9 Å². The van der Waals surface area contributed by atoms with Crippen LogP contribution in [0.3, 0.4) is 0 Å². The van der Waals surface area contributed by atoms with E-state index in [2.05, 4.69) is 35.5 Å². The van der Waals surface area contributed by atoms with Gasteiger partial charge < -0.3 is 40.3 Å². The third-order valence-corrected chi connectivity index (χ3v) is 12.0. The van der Waals surface area contributed by atoms with Gasteiger partial charge >= 0.3 is 10.4 Å². The quantitative estimate of drug-likeness (QED) is 0.0175. The average molecular weight is 892 g/mol. The first-order valence-corrected chi connectivity index (χ1v) is 25.7. The highest BCUT2D eigenvalue weighted by Crippen LogP contribution is 2.26. The fourth-order valence-electron chi connectivity index (χ4n) is 7.69. The van der Waals surface area contributed by atoms with Gasteiger partial charge in [-0.15, -0.1) is 0 Å². The van der Waals surface area contributed by atoms with Gasteiger partial charge in [-0.2, -0.15) is 8.42 Å². The lowest BCUT2D eigenvalue weighted by atomic mass is 9.99. The molecular weight excluding hydrogens is 803 g/mol. The molecule has 14 heteroatoms. The summed E-state index contributed by atoms with van der Waals surface area (Å²) in [6.45, 7) is 3.19. The summed E-state index contributed by atoms with van der Waals surface area (Å²) >= 11 is 0. The van der Waals surface area contributed by atoms with E-state index >= 15 is 0 Å². The molecule has 1 saturated heterocycles. The predicted molar refractivity (Wildman–Crippen MR) is 242 cm³/mol. The number of rotatable bonds is 41. The lowest BCUT2D eigenvalue weighted by Gasteiger charge is -2.41. The lowest BCUT2D eigenvalue weighted by molar-refractivity contribution is -0.298. The van der Waals surface area contributed by atoms with Crippen LogP contribution in [0.2, 0.25) is 0 Å². The third kappa shape index (κ3) is 30.3.